The highest BCUT2D eigenvalue weighted by molar-refractivity contribution is 7.13. The Balaban J connectivity index is 2.17. The molecule has 0 atom stereocenters. The van der Waals surface area contributed by atoms with E-state index in [9.17, 15) is 0 Å². The number of aromatic nitrogens is 2. The van der Waals surface area contributed by atoms with Gasteiger partial charge in [0.2, 0.25) is 0 Å². The van der Waals surface area contributed by atoms with E-state index in [2.05, 4.69) is 22.4 Å². The fourth-order valence-corrected chi connectivity index (χ4v) is 2.33. The highest BCUT2D eigenvalue weighted by atomic mass is 32.1. The molecule has 0 saturated carbocycles. The molecule has 102 valence electrons. The van der Waals surface area contributed by atoms with Crippen molar-refractivity contribution in [3.8, 4) is 16.7 Å². The molecule has 1 aromatic heterocycles. The van der Waals surface area contributed by atoms with Crippen LogP contribution in [0.25, 0.3) is 0 Å². The highest BCUT2D eigenvalue weighted by Crippen LogP contribution is 2.33. The van der Waals surface area contributed by atoms with Gasteiger partial charge in [-0.3, -0.25) is 0 Å². The summed E-state index contributed by atoms with van der Waals surface area (Å²) >= 11 is 1.42. The van der Waals surface area contributed by atoms with Crippen LogP contribution in [0.4, 0.5) is 0 Å². The SMILES string of the molecule is CCc1ccc(Oc2nnc(CNC)s2)c(OC)c1. The molecule has 6 heteroatoms. The average Bonchev–Trinajstić information content (AvgIpc) is 2.87. The van der Waals surface area contributed by atoms with Crippen molar-refractivity contribution in [1.29, 1.82) is 0 Å². The minimum absolute atomic E-state index is 0.521. The second kappa shape index (κ2) is 6.49. The first-order chi connectivity index (χ1) is 9.26. The summed E-state index contributed by atoms with van der Waals surface area (Å²) in [6.07, 6.45) is 0.960. The molecular formula is C13H17N3O2S. The molecule has 0 saturated heterocycles. The molecule has 1 N–H and O–H groups in total. The molecule has 0 aliphatic heterocycles. The molecule has 19 heavy (non-hydrogen) atoms. The van der Waals surface area contributed by atoms with E-state index in [0.29, 0.717) is 23.2 Å². The van der Waals surface area contributed by atoms with E-state index in [1.54, 1.807) is 7.11 Å². The van der Waals surface area contributed by atoms with Gasteiger partial charge in [-0.2, -0.15) is 0 Å². The van der Waals surface area contributed by atoms with Crippen molar-refractivity contribution >= 4 is 11.3 Å². The third kappa shape index (κ3) is 3.42. The van der Waals surface area contributed by atoms with Crippen molar-refractivity contribution in [3.63, 3.8) is 0 Å². The normalized spacial score (nSPS) is 10.5. The topological polar surface area (TPSA) is 56.3 Å². The van der Waals surface area contributed by atoms with Crippen LogP contribution in [-0.2, 0) is 13.0 Å². The summed E-state index contributed by atoms with van der Waals surface area (Å²) in [4.78, 5) is 0. The lowest BCUT2D eigenvalue weighted by Crippen LogP contribution is -2.04. The number of ether oxygens (including phenoxy) is 2. The Morgan fingerprint density at radius 3 is 2.79 bits per heavy atom. The minimum Gasteiger partial charge on any atom is -0.493 e. The molecular weight excluding hydrogens is 262 g/mol. The fraction of sp³-hybridized carbons (Fsp3) is 0.385. The maximum Gasteiger partial charge on any atom is 0.299 e. The molecule has 2 rings (SSSR count). The van der Waals surface area contributed by atoms with E-state index in [4.69, 9.17) is 9.47 Å². The van der Waals surface area contributed by atoms with Crippen molar-refractivity contribution in [2.75, 3.05) is 14.2 Å². The molecule has 1 heterocycles. The van der Waals surface area contributed by atoms with Crippen LogP contribution < -0.4 is 14.8 Å². The maximum absolute atomic E-state index is 5.72. The molecule has 5 nitrogen and oxygen atoms in total. The molecule has 1 aromatic carbocycles. The predicted molar refractivity (Wildman–Crippen MR) is 75.1 cm³/mol. The summed E-state index contributed by atoms with van der Waals surface area (Å²) in [5, 5.41) is 12.5. The van der Waals surface area contributed by atoms with Gasteiger partial charge in [-0.1, -0.05) is 29.4 Å². The maximum atomic E-state index is 5.72. The zero-order chi connectivity index (χ0) is 13.7. The van der Waals surface area contributed by atoms with Gasteiger partial charge < -0.3 is 14.8 Å². The van der Waals surface area contributed by atoms with E-state index < -0.39 is 0 Å². The van der Waals surface area contributed by atoms with Crippen molar-refractivity contribution < 1.29 is 9.47 Å². The first-order valence-electron chi connectivity index (χ1n) is 6.08. The summed E-state index contributed by atoms with van der Waals surface area (Å²) in [6, 6.07) is 5.90. The van der Waals surface area contributed by atoms with Gasteiger partial charge in [0, 0.05) is 6.54 Å². The molecule has 2 aromatic rings. The fourth-order valence-electron chi connectivity index (χ4n) is 1.61. The van der Waals surface area contributed by atoms with Crippen LogP contribution in [0, 0.1) is 0 Å². The minimum atomic E-state index is 0.521. The Kier molecular flexibility index (Phi) is 4.70. The monoisotopic (exact) mass is 279 g/mol. The molecule has 0 aliphatic rings. The molecule has 0 bridgehead atoms. The van der Waals surface area contributed by atoms with Gasteiger partial charge in [0.1, 0.15) is 5.01 Å². The lowest BCUT2D eigenvalue weighted by atomic mass is 10.1. The first-order valence-corrected chi connectivity index (χ1v) is 6.90. The molecule has 0 aliphatic carbocycles. The van der Waals surface area contributed by atoms with Gasteiger partial charge in [-0.15, -0.1) is 5.10 Å². The number of methoxy groups -OCH3 is 1. The summed E-state index contributed by atoms with van der Waals surface area (Å²) in [5.74, 6) is 1.37. The van der Waals surface area contributed by atoms with Gasteiger partial charge in [0.05, 0.1) is 7.11 Å². The predicted octanol–water partition coefficient (Wildman–Crippen LogP) is 2.62. The largest absolute Gasteiger partial charge is 0.493 e. The van der Waals surface area contributed by atoms with Gasteiger partial charge in [0.15, 0.2) is 11.5 Å². The third-order valence-electron chi connectivity index (χ3n) is 2.61. The number of nitrogens with zero attached hydrogens (tertiary/aromatic N) is 2. The Morgan fingerprint density at radius 2 is 2.11 bits per heavy atom. The van der Waals surface area contributed by atoms with E-state index in [1.807, 2.05) is 25.2 Å². The van der Waals surface area contributed by atoms with Crippen LogP contribution in [0.5, 0.6) is 16.7 Å². The molecule has 0 spiro atoms. The third-order valence-corrected chi connectivity index (χ3v) is 3.41. The number of benzene rings is 1. The summed E-state index contributed by atoms with van der Waals surface area (Å²) in [7, 11) is 3.50. The Morgan fingerprint density at radius 1 is 1.26 bits per heavy atom. The number of rotatable bonds is 6. The highest BCUT2D eigenvalue weighted by Gasteiger charge is 2.10. The number of hydrogen-bond donors (Lipinski definition) is 1. The molecule has 0 radical (unpaired) electrons. The van der Waals surface area contributed by atoms with Crippen LogP contribution in [-0.4, -0.2) is 24.4 Å². The summed E-state index contributed by atoms with van der Waals surface area (Å²) < 4.78 is 11.1. The van der Waals surface area contributed by atoms with Gasteiger partial charge in [-0.05, 0) is 31.2 Å². The van der Waals surface area contributed by atoms with E-state index >= 15 is 0 Å². The second-order valence-corrected chi connectivity index (χ2v) is 4.96. The Labute approximate surface area is 116 Å². The number of aryl methyl sites for hydroxylation is 1. The zero-order valence-corrected chi connectivity index (χ0v) is 12.1. The smallest absolute Gasteiger partial charge is 0.299 e. The Hall–Kier alpha value is -1.66. The van der Waals surface area contributed by atoms with Gasteiger partial charge in [0.25, 0.3) is 5.19 Å². The quantitative estimate of drug-likeness (QED) is 0.881. The van der Waals surface area contributed by atoms with Gasteiger partial charge in [-0.25, -0.2) is 0 Å². The van der Waals surface area contributed by atoms with E-state index in [-0.39, 0.29) is 0 Å². The van der Waals surface area contributed by atoms with Crippen molar-refractivity contribution in [3.05, 3.63) is 28.8 Å². The van der Waals surface area contributed by atoms with Crippen LogP contribution >= 0.6 is 11.3 Å². The first kappa shape index (κ1) is 13.8. The van der Waals surface area contributed by atoms with Crippen molar-refractivity contribution in [2.24, 2.45) is 0 Å². The Bertz CT molecular complexity index is 542. The average molecular weight is 279 g/mol. The number of hydrogen-bond acceptors (Lipinski definition) is 6. The van der Waals surface area contributed by atoms with Crippen molar-refractivity contribution in [1.82, 2.24) is 15.5 Å². The number of nitrogens with one attached hydrogen (secondary N) is 1. The van der Waals surface area contributed by atoms with E-state index in [1.165, 1.54) is 16.9 Å². The lowest BCUT2D eigenvalue weighted by Gasteiger charge is -2.09. The molecule has 0 amide bonds. The van der Waals surface area contributed by atoms with E-state index in [0.717, 1.165) is 11.4 Å². The summed E-state index contributed by atoms with van der Waals surface area (Å²) in [6.45, 7) is 2.79. The van der Waals surface area contributed by atoms with Crippen LogP contribution in [0.3, 0.4) is 0 Å². The second-order valence-electron chi connectivity index (χ2n) is 3.93. The van der Waals surface area contributed by atoms with Crippen LogP contribution in [0.2, 0.25) is 0 Å². The lowest BCUT2D eigenvalue weighted by molar-refractivity contribution is 0.376. The molecule has 0 fully saturated rings. The van der Waals surface area contributed by atoms with Crippen molar-refractivity contribution in [2.45, 2.75) is 19.9 Å². The standard InChI is InChI=1S/C13H17N3O2S/c1-4-9-5-6-10(11(7-9)17-3)18-13-16-15-12(19-13)8-14-2/h5-7,14H,4,8H2,1-3H3. The van der Waals surface area contributed by atoms with Crippen LogP contribution in [0.1, 0.15) is 17.5 Å². The zero-order valence-electron chi connectivity index (χ0n) is 11.3. The van der Waals surface area contributed by atoms with Crippen LogP contribution in [0.15, 0.2) is 18.2 Å². The van der Waals surface area contributed by atoms with Gasteiger partial charge >= 0.3 is 0 Å². The molecule has 0 unspecified atom stereocenters. The summed E-state index contributed by atoms with van der Waals surface area (Å²) in [5.41, 5.74) is 1.21.